The van der Waals surface area contributed by atoms with E-state index in [2.05, 4.69) is 27.8 Å². The molecule has 0 unspecified atom stereocenters. The number of nitrogens with one attached hydrogen (secondary N) is 2. The van der Waals surface area contributed by atoms with Gasteiger partial charge in [0.05, 0.1) is 24.9 Å². The Labute approximate surface area is 185 Å². The zero-order chi connectivity index (χ0) is 21.9. The third-order valence-electron chi connectivity index (χ3n) is 5.78. The maximum atomic E-state index is 12.7. The second-order valence-electron chi connectivity index (χ2n) is 8.04. The Morgan fingerprint density at radius 1 is 1.00 bits per heavy atom. The van der Waals surface area contributed by atoms with Crippen LogP contribution in [0.4, 0.5) is 5.69 Å². The van der Waals surface area contributed by atoms with E-state index in [9.17, 15) is 9.59 Å². The monoisotopic (exact) mass is 425 g/mol. The lowest BCUT2D eigenvalue weighted by atomic mass is 10.0. The van der Waals surface area contributed by atoms with E-state index in [0.717, 1.165) is 35.1 Å². The molecule has 0 spiro atoms. The molecule has 4 aromatic rings. The molecule has 6 heteroatoms. The van der Waals surface area contributed by atoms with Crippen molar-refractivity contribution in [2.45, 2.75) is 32.2 Å². The number of benzene rings is 2. The third-order valence-corrected chi connectivity index (χ3v) is 5.78. The first-order chi connectivity index (χ1) is 15.7. The summed E-state index contributed by atoms with van der Waals surface area (Å²) in [5.41, 5.74) is 6.24. The van der Waals surface area contributed by atoms with Gasteiger partial charge in [0.2, 0.25) is 5.91 Å². The Kier molecular flexibility index (Phi) is 5.42. The van der Waals surface area contributed by atoms with Crippen LogP contribution in [0.3, 0.4) is 0 Å². The fourth-order valence-corrected chi connectivity index (χ4v) is 4.18. The van der Waals surface area contributed by atoms with E-state index in [0.29, 0.717) is 17.8 Å². The molecular formula is C26H23N3O3. The molecule has 1 aliphatic rings. The maximum absolute atomic E-state index is 12.7. The van der Waals surface area contributed by atoms with Crippen LogP contribution in [0.15, 0.2) is 71.5 Å². The van der Waals surface area contributed by atoms with Gasteiger partial charge < -0.3 is 15.1 Å². The fourth-order valence-electron chi connectivity index (χ4n) is 4.18. The summed E-state index contributed by atoms with van der Waals surface area (Å²) in [5.74, 6) is -0.374. The van der Waals surface area contributed by atoms with Gasteiger partial charge in [0.1, 0.15) is 5.58 Å². The van der Waals surface area contributed by atoms with Crippen molar-refractivity contribution in [1.29, 1.82) is 0 Å². The van der Waals surface area contributed by atoms with E-state index in [1.807, 2.05) is 18.2 Å². The van der Waals surface area contributed by atoms with Crippen molar-refractivity contribution in [3.63, 3.8) is 0 Å². The van der Waals surface area contributed by atoms with Crippen LogP contribution in [-0.2, 0) is 30.6 Å². The summed E-state index contributed by atoms with van der Waals surface area (Å²) in [5, 5.41) is 6.74. The van der Waals surface area contributed by atoms with E-state index in [1.54, 1.807) is 36.7 Å². The molecule has 2 N–H and O–H groups in total. The lowest BCUT2D eigenvalue weighted by Crippen LogP contribution is -2.23. The molecule has 0 fully saturated rings. The van der Waals surface area contributed by atoms with Gasteiger partial charge in [-0.3, -0.25) is 14.6 Å². The first-order valence-corrected chi connectivity index (χ1v) is 10.8. The number of hydrogen-bond acceptors (Lipinski definition) is 4. The minimum absolute atomic E-state index is 0.153. The highest BCUT2D eigenvalue weighted by Crippen LogP contribution is 2.30. The van der Waals surface area contributed by atoms with Crippen molar-refractivity contribution in [1.82, 2.24) is 10.3 Å². The molecule has 5 rings (SSSR count). The van der Waals surface area contributed by atoms with Crippen LogP contribution in [0.25, 0.3) is 11.0 Å². The number of amides is 2. The summed E-state index contributed by atoms with van der Waals surface area (Å²) in [6.07, 6.45) is 6.91. The van der Waals surface area contributed by atoms with Gasteiger partial charge in [-0.15, -0.1) is 0 Å². The summed E-state index contributed by atoms with van der Waals surface area (Å²) in [4.78, 5) is 29.4. The predicted octanol–water partition coefficient (Wildman–Crippen LogP) is 4.43. The Balaban J connectivity index is 1.24. The molecule has 0 radical (unpaired) electrons. The van der Waals surface area contributed by atoms with Gasteiger partial charge in [0.25, 0.3) is 5.91 Å². The van der Waals surface area contributed by atoms with Gasteiger partial charge in [0, 0.05) is 28.4 Å². The molecule has 2 aromatic carbocycles. The summed E-state index contributed by atoms with van der Waals surface area (Å²) in [7, 11) is 0. The van der Waals surface area contributed by atoms with Crippen molar-refractivity contribution in [2.75, 3.05) is 5.32 Å². The number of nitrogens with zero attached hydrogens (tertiary/aromatic N) is 1. The van der Waals surface area contributed by atoms with Crippen molar-refractivity contribution in [3.8, 4) is 0 Å². The average Bonchev–Trinajstić information content (AvgIpc) is 3.43. The molecule has 0 saturated carbocycles. The quantitative estimate of drug-likeness (QED) is 0.479. The zero-order valence-corrected chi connectivity index (χ0v) is 17.6. The molecule has 0 bridgehead atoms. The van der Waals surface area contributed by atoms with Crippen LogP contribution in [0.2, 0.25) is 0 Å². The minimum atomic E-state index is -0.221. The van der Waals surface area contributed by atoms with Crippen molar-refractivity contribution in [3.05, 3.63) is 95.0 Å². The fraction of sp³-hybridized carbons (Fsp3) is 0.192. The molecule has 160 valence electrons. The molecule has 1 aliphatic carbocycles. The molecule has 2 amide bonds. The van der Waals surface area contributed by atoms with Gasteiger partial charge in [0.15, 0.2) is 0 Å². The number of rotatable bonds is 6. The Bertz CT molecular complexity index is 1290. The number of furan rings is 1. The molecule has 2 aromatic heterocycles. The molecule has 32 heavy (non-hydrogen) atoms. The smallest absolute Gasteiger partial charge is 0.251 e. The van der Waals surface area contributed by atoms with Crippen LogP contribution in [0.5, 0.6) is 0 Å². The molecule has 6 nitrogen and oxygen atoms in total. The van der Waals surface area contributed by atoms with Gasteiger partial charge in [-0.25, -0.2) is 0 Å². The highest BCUT2D eigenvalue weighted by Gasteiger charge is 2.17. The highest BCUT2D eigenvalue weighted by molar-refractivity contribution is 5.98. The number of carbonyl (C=O) groups is 2. The topological polar surface area (TPSA) is 84.2 Å². The number of hydrogen-bond donors (Lipinski definition) is 2. The van der Waals surface area contributed by atoms with Gasteiger partial charge in [-0.05, 0) is 72.9 Å². The Morgan fingerprint density at radius 2 is 1.88 bits per heavy atom. The number of anilines is 1. The summed E-state index contributed by atoms with van der Waals surface area (Å²) in [6, 6.07) is 16.7. The van der Waals surface area contributed by atoms with Crippen molar-refractivity contribution < 1.29 is 14.0 Å². The number of aromatic nitrogens is 1. The average molecular weight is 425 g/mol. The largest absolute Gasteiger partial charge is 0.464 e. The molecule has 2 heterocycles. The first-order valence-electron chi connectivity index (χ1n) is 10.8. The van der Waals surface area contributed by atoms with E-state index in [1.165, 1.54) is 17.5 Å². The van der Waals surface area contributed by atoms with Crippen molar-refractivity contribution >= 4 is 28.5 Å². The second kappa shape index (κ2) is 8.67. The van der Waals surface area contributed by atoms with Crippen LogP contribution >= 0.6 is 0 Å². The zero-order valence-electron chi connectivity index (χ0n) is 17.6. The van der Waals surface area contributed by atoms with Gasteiger partial charge in [-0.1, -0.05) is 12.1 Å². The molecular weight excluding hydrogens is 402 g/mol. The van der Waals surface area contributed by atoms with Crippen LogP contribution in [-0.4, -0.2) is 16.8 Å². The van der Waals surface area contributed by atoms with Gasteiger partial charge >= 0.3 is 0 Å². The molecule has 0 saturated heterocycles. The lowest BCUT2D eigenvalue weighted by molar-refractivity contribution is -0.115. The van der Waals surface area contributed by atoms with E-state index in [4.69, 9.17) is 4.42 Å². The van der Waals surface area contributed by atoms with Gasteiger partial charge in [-0.2, -0.15) is 0 Å². The number of aryl methyl sites for hydroxylation is 2. The standard InChI is InChI=1S/C26H23N3O3/c30-25(14-20-16-32-24-13-18-6-3-5-17(18)12-23(20)24)29-21-9-4-7-19(11-21)26(31)28-15-22-8-1-2-10-27-22/h1-2,4,7-13,16H,3,5-6,14-15H2,(H,28,31)(H,29,30). The highest BCUT2D eigenvalue weighted by atomic mass is 16.3. The summed E-state index contributed by atoms with van der Waals surface area (Å²) >= 11 is 0. The van der Waals surface area contributed by atoms with E-state index in [-0.39, 0.29) is 18.2 Å². The Morgan fingerprint density at radius 3 is 2.72 bits per heavy atom. The van der Waals surface area contributed by atoms with Crippen LogP contribution in [0, 0.1) is 0 Å². The number of carbonyl (C=O) groups excluding carboxylic acids is 2. The first kappa shape index (κ1) is 20.0. The number of pyridine rings is 1. The predicted molar refractivity (Wildman–Crippen MR) is 122 cm³/mol. The third kappa shape index (κ3) is 4.25. The SMILES string of the molecule is O=C(Cc1coc2cc3c(cc12)CCC3)Nc1cccc(C(=O)NCc2ccccn2)c1. The molecule has 0 atom stereocenters. The molecule has 0 aliphatic heterocycles. The summed E-state index contributed by atoms with van der Waals surface area (Å²) < 4.78 is 5.70. The summed E-state index contributed by atoms with van der Waals surface area (Å²) in [6.45, 7) is 0.341. The van der Waals surface area contributed by atoms with E-state index >= 15 is 0 Å². The van der Waals surface area contributed by atoms with Crippen LogP contribution < -0.4 is 10.6 Å². The van der Waals surface area contributed by atoms with Crippen LogP contribution in [0.1, 0.15) is 39.2 Å². The Hall–Kier alpha value is -3.93. The minimum Gasteiger partial charge on any atom is -0.464 e. The lowest BCUT2D eigenvalue weighted by Gasteiger charge is -2.08. The van der Waals surface area contributed by atoms with Crippen molar-refractivity contribution in [2.24, 2.45) is 0 Å². The normalized spacial score (nSPS) is 12.5. The number of fused-ring (bicyclic) bond motifs is 2. The maximum Gasteiger partial charge on any atom is 0.251 e. The van der Waals surface area contributed by atoms with E-state index < -0.39 is 0 Å². The second-order valence-corrected chi connectivity index (χ2v) is 8.04.